The lowest BCUT2D eigenvalue weighted by Crippen LogP contribution is -2.24. The summed E-state index contributed by atoms with van der Waals surface area (Å²) in [6.45, 7) is 3.07. The predicted octanol–water partition coefficient (Wildman–Crippen LogP) is 4.00. The fourth-order valence-electron chi connectivity index (χ4n) is 2.00. The van der Waals surface area contributed by atoms with E-state index in [9.17, 15) is 0 Å². The van der Waals surface area contributed by atoms with Crippen LogP contribution in [-0.4, -0.2) is 16.5 Å². The number of halogens is 2. The molecule has 3 nitrogen and oxygen atoms in total. The summed E-state index contributed by atoms with van der Waals surface area (Å²) in [5.41, 5.74) is 1.05. The van der Waals surface area contributed by atoms with Gasteiger partial charge in [-0.25, -0.2) is 4.98 Å². The third-order valence-electron chi connectivity index (χ3n) is 2.93. The molecule has 1 aromatic carbocycles. The molecule has 0 spiro atoms. The van der Waals surface area contributed by atoms with E-state index in [-0.39, 0.29) is 6.04 Å². The molecule has 0 fully saturated rings. The molecule has 1 unspecified atom stereocenters. The quantitative estimate of drug-likeness (QED) is 0.846. The second kappa shape index (κ2) is 6.94. The van der Waals surface area contributed by atoms with Crippen molar-refractivity contribution in [2.45, 2.75) is 25.8 Å². The normalized spacial score (nSPS) is 12.6. The number of imidazole rings is 1. The molecule has 0 saturated heterocycles. The van der Waals surface area contributed by atoms with Crippen molar-refractivity contribution >= 4 is 23.2 Å². The minimum absolute atomic E-state index is 0.135. The Morgan fingerprint density at radius 2 is 2.21 bits per heavy atom. The number of hydrogen-bond acceptors (Lipinski definition) is 2. The molecule has 0 aliphatic heterocycles. The first-order valence-electron chi connectivity index (χ1n) is 6.37. The van der Waals surface area contributed by atoms with Crippen LogP contribution in [0.4, 0.5) is 0 Å². The summed E-state index contributed by atoms with van der Waals surface area (Å²) >= 11 is 12.2. The zero-order valence-electron chi connectivity index (χ0n) is 10.8. The number of aromatic amines is 1. The van der Waals surface area contributed by atoms with Crippen molar-refractivity contribution in [2.75, 3.05) is 6.54 Å². The highest BCUT2D eigenvalue weighted by molar-refractivity contribution is 6.35. The van der Waals surface area contributed by atoms with Crippen LogP contribution in [0, 0.1) is 0 Å². The molecule has 2 N–H and O–H groups in total. The topological polar surface area (TPSA) is 40.7 Å². The molecule has 102 valence electrons. The summed E-state index contributed by atoms with van der Waals surface area (Å²) in [5, 5.41) is 4.84. The van der Waals surface area contributed by atoms with Gasteiger partial charge in [-0.3, -0.25) is 0 Å². The van der Waals surface area contributed by atoms with Gasteiger partial charge in [-0.05, 0) is 30.7 Å². The van der Waals surface area contributed by atoms with E-state index in [2.05, 4.69) is 22.2 Å². The summed E-state index contributed by atoms with van der Waals surface area (Å²) in [7, 11) is 0. The largest absolute Gasteiger partial charge is 0.349 e. The molecule has 0 aliphatic rings. The van der Waals surface area contributed by atoms with Crippen LogP contribution >= 0.6 is 23.2 Å². The lowest BCUT2D eigenvalue weighted by Gasteiger charge is -2.19. The van der Waals surface area contributed by atoms with Gasteiger partial charge >= 0.3 is 0 Å². The maximum Gasteiger partial charge on any atom is 0.107 e. The summed E-state index contributed by atoms with van der Waals surface area (Å²) in [6, 6.07) is 5.75. The fourth-order valence-corrected chi connectivity index (χ4v) is 2.54. The average molecular weight is 298 g/mol. The van der Waals surface area contributed by atoms with E-state index in [1.807, 2.05) is 18.3 Å². The molecule has 5 heteroatoms. The smallest absolute Gasteiger partial charge is 0.107 e. The minimum Gasteiger partial charge on any atom is -0.349 e. The highest BCUT2D eigenvalue weighted by Crippen LogP contribution is 2.28. The van der Waals surface area contributed by atoms with Crippen LogP contribution in [-0.2, 0) is 6.42 Å². The van der Waals surface area contributed by atoms with Gasteiger partial charge in [-0.15, -0.1) is 0 Å². The highest BCUT2D eigenvalue weighted by atomic mass is 35.5. The molecule has 0 bridgehead atoms. The Morgan fingerprint density at radius 1 is 1.37 bits per heavy atom. The molecular formula is C14H17Cl2N3. The third kappa shape index (κ3) is 3.96. The minimum atomic E-state index is 0.135. The maximum atomic E-state index is 6.29. The van der Waals surface area contributed by atoms with Gasteiger partial charge in [0, 0.05) is 34.9 Å². The molecule has 2 rings (SSSR count). The van der Waals surface area contributed by atoms with E-state index in [1.54, 1.807) is 12.3 Å². The fraction of sp³-hybridized carbons (Fsp3) is 0.357. The van der Waals surface area contributed by atoms with Crippen LogP contribution < -0.4 is 5.32 Å². The van der Waals surface area contributed by atoms with Crippen molar-refractivity contribution in [3.63, 3.8) is 0 Å². The molecule has 0 radical (unpaired) electrons. The Bertz CT molecular complexity index is 511. The van der Waals surface area contributed by atoms with Gasteiger partial charge in [0.2, 0.25) is 0 Å². The van der Waals surface area contributed by atoms with Crippen LogP contribution in [0.3, 0.4) is 0 Å². The zero-order valence-corrected chi connectivity index (χ0v) is 12.3. The van der Waals surface area contributed by atoms with Gasteiger partial charge in [0.1, 0.15) is 5.82 Å². The first-order valence-corrected chi connectivity index (χ1v) is 7.13. The molecule has 2 aromatic rings. The van der Waals surface area contributed by atoms with Crippen molar-refractivity contribution in [1.29, 1.82) is 0 Å². The molecular weight excluding hydrogens is 281 g/mol. The van der Waals surface area contributed by atoms with E-state index >= 15 is 0 Å². The lowest BCUT2D eigenvalue weighted by atomic mass is 10.0. The Balaban J connectivity index is 2.20. The van der Waals surface area contributed by atoms with Crippen LogP contribution in [0.1, 0.15) is 30.8 Å². The van der Waals surface area contributed by atoms with Gasteiger partial charge in [-0.2, -0.15) is 0 Å². The Morgan fingerprint density at radius 3 is 2.84 bits per heavy atom. The van der Waals surface area contributed by atoms with E-state index in [0.717, 1.165) is 30.8 Å². The second-order valence-corrected chi connectivity index (χ2v) is 5.26. The van der Waals surface area contributed by atoms with Crippen LogP contribution in [0.2, 0.25) is 10.0 Å². The molecule has 1 atom stereocenters. The predicted molar refractivity (Wildman–Crippen MR) is 79.8 cm³/mol. The van der Waals surface area contributed by atoms with Crippen LogP contribution in [0.15, 0.2) is 30.6 Å². The van der Waals surface area contributed by atoms with Gasteiger partial charge in [0.25, 0.3) is 0 Å². The van der Waals surface area contributed by atoms with Crippen molar-refractivity contribution in [3.05, 3.63) is 52.0 Å². The standard InChI is InChI=1S/C14H17Cl2N3/c1-2-5-17-13(9-14-18-6-7-19-14)11-4-3-10(15)8-12(11)16/h3-4,6-8,13,17H,2,5,9H2,1H3,(H,18,19). The molecule has 1 aromatic heterocycles. The Labute approximate surface area is 123 Å². The van der Waals surface area contributed by atoms with Gasteiger partial charge < -0.3 is 10.3 Å². The van der Waals surface area contributed by atoms with Crippen molar-refractivity contribution in [2.24, 2.45) is 0 Å². The van der Waals surface area contributed by atoms with Gasteiger partial charge in [0.15, 0.2) is 0 Å². The number of nitrogens with zero attached hydrogens (tertiary/aromatic N) is 1. The van der Waals surface area contributed by atoms with E-state index in [1.165, 1.54) is 0 Å². The van der Waals surface area contributed by atoms with Crippen LogP contribution in [0.25, 0.3) is 0 Å². The van der Waals surface area contributed by atoms with Crippen molar-refractivity contribution in [1.82, 2.24) is 15.3 Å². The SMILES string of the molecule is CCCNC(Cc1ncc[nH]1)c1ccc(Cl)cc1Cl. The Kier molecular flexibility index (Phi) is 5.25. The monoisotopic (exact) mass is 297 g/mol. The summed E-state index contributed by atoms with van der Waals surface area (Å²) in [5.74, 6) is 0.944. The number of rotatable bonds is 6. The van der Waals surface area contributed by atoms with Crippen LogP contribution in [0.5, 0.6) is 0 Å². The molecule has 19 heavy (non-hydrogen) atoms. The van der Waals surface area contributed by atoms with Crippen molar-refractivity contribution < 1.29 is 0 Å². The second-order valence-electron chi connectivity index (χ2n) is 4.41. The number of aromatic nitrogens is 2. The molecule has 0 amide bonds. The lowest BCUT2D eigenvalue weighted by molar-refractivity contribution is 0.520. The summed E-state index contributed by atoms with van der Waals surface area (Å²) < 4.78 is 0. The van der Waals surface area contributed by atoms with E-state index < -0.39 is 0 Å². The molecule has 0 saturated carbocycles. The first-order chi connectivity index (χ1) is 9.20. The third-order valence-corrected chi connectivity index (χ3v) is 3.49. The zero-order chi connectivity index (χ0) is 13.7. The Hall–Kier alpha value is -1.03. The number of benzene rings is 1. The molecule has 0 aliphatic carbocycles. The van der Waals surface area contributed by atoms with Crippen molar-refractivity contribution in [3.8, 4) is 0 Å². The number of nitrogens with one attached hydrogen (secondary N) is 2. The maximum absolute atomic E-state index is 6.29. The van der Waals surface area contributed by atoms with Gasteiger partial charge in [-0.1, -0.05) is 36.2 Å². The average Bonchev–Trinajstić information content (AvgIpc) is 2.88. The first kappa shape index (κ1) is 14.4. The van der Waals surface area contributed by atoms with E-state index in [0.29, 0.717) is 10.0 Å². The number of hydrogen-bond donors (Lipinski definition) is 2. The van der Waals surface area contributed by atoms with Gasteiger partial charge in [0.05, 0.1) is 0 Å². The summed E-state index contributed by atoms with van der Waals surface area (Å²) in [6.07, 6.45) is 5.43. The number of H-pyrrole nitrogens is 1. The van der Waals surface area contributed by atoms with E-state index in [4.69, 9.17) is 23.2 Å². The summed E-state index contributed by atoms with van der Waals surface area (Å²) in [4.78, 5) is 7.40. The molecule has 1 heterocycles. The highest BCUT2D eigenvalue weighted by Gasteiger charge is 2.16.